The van der Waals surface area contributed by atoms with E-state index >= 15 is 0 Å². The van der Waals surface area contributed by atoms with Crippen molar-refractivity contribution >= 4 is 16.9 Å². The monoisotopic (exact) mass is 299 g/mol. The van der Waals surface area contributed by atoms with Crippen LogP contribution < -0.4 is 5.32 Å². The summed E-state index contributed by atoms with van der Waals surface area (Å²) in [5.41, 5.74) is 0.712. The highest BCUT2D eigenvalue weighted by atomic mass is 16.5. The van der Waals surface area contributed by atoms with Crippen LogP contribution in [0.4, 0.5) is 0 Å². The molecule has 0 aliphatic carbocycles. The summed E-state index contributed by atoms with van der Waals surface area (Å²) >= 11 is 0. The van der Waals surface area contributed by atoms with Gasteiger partial charge in [0.2, 0.25) is 0 Å². The van der Waals surface area contributed by atoms with E-state index in [0.717, 1.165) is 11.9 Å². The number of imidazole rings is 1. The lowest BCUT2D eigenvalue weighted by atomic mass is 10.2. The normalized spacial score (nSPS) is 10.9. The first kappa shape index (κ1) is 14.3. The number of benzene rings is 1. The van der Waals surface area contributed by atoms with E-state index in [4.69, 9.17) is 9.15 Å². The lowest BCUT2D eigenvalue weighted by Gasteiger charge is -2.05. The van der Waals surface area contributed by atoms with Crippen molar-refractivity contribution in [1.29, 1.82) is 0 Å². The second kappa shape index (κ2) is 6.91. The molecular weight excluding hydrogens is 282 g/mol. The summed E-state index contributed by atoms with van der Waals surface area (Å²) in [6.07, 6.45) is 5.35. The SMILES string of the molecule is O=C(NCCOCCn1ccnc1)c1cc2ccccc2o1. The molecule has 0 atom stereocenters. The molecule has 0 radical (unpaired) electrons. The van der Waals surface area contributed by atoms with Gasteiger partial charge in [-0.25, -0.2) is 4.98 Å². The molecule has 0 aliphatic heterocycles. The number of carbonyl (C=O) groups excluding carboxylic acids is 1. The number of rotatable bonds is 7. The molecule has 1 amide bonds. The zero-order chi connectivity index (χ0) is 15.2. The second-order valence-corrected chi connectivity index (χ2v) is 4.82. The van der Waals surface area contributed by atoms with Gasteiger partial charge in [0.05, 0.1) is 19.5 Å². The quantitative estimate of drug-likeness (QED) is 0.678. The highest BCUT2D eigenvalue weighted by molar-refractivity contribution is 5.95. The number of ether oxygens (including phenoxy) is 1. The fourth-order valence-electron chi connectivity index (χ4n) is 2.11. The third-order valence-corrected chi connectivity index (χ3v) is 3.23. The van der Waals surface area contributed by atoms with Crippen LogP contribution in [0.1, 0.15) is 10.6 Å². The van der Waals surface area contributed by atoms with Gasteiger partial charge in [-0.3, -0.25) is 4.79 Å². The summed E-state index contributed by atoms with van der Waals surface area (Å²) in [5, 5.41) is 3.70. The second-order valence-electron chi connectivity index (χ2n) is 4.82. The number of amides is 1. The van der Waals surface area contributed by atoms with Gasteiger partial charge < -0.3 is 19.0 Å². The highest BCUT2D eigenvalue weighted by Gasteiger charge is 2.10. The van der Waals surface area contributed by atoms with Crippen molar-refractivity contribution < 1.29 is 13.9 Å². The van der Waals surface area contributed by atoms with Gasteiger partial charge in [0, 0.05) is 30.9 Å². The van der Waals surface area contributed by atoms with E-state index in [2.05, 4.69) is 10.3 Å². The van der Waals surface area contributed by atoms with Gasteiger partial charge in [-0.1, -0.05) is 18.2 Å². The minimum atomic E-state index is -0.227. The molecule has 0 unspecified atom stereocenters. The molecule has 0 aliphatic rings. The molecule has 0 saturated heterocycles. The Kier molecular flexibility index (Phi) is 4.50. The van der Waals surface area contributed by atoms with Crippen LogP contribution in [0, 0.1) is 0 Å². The zero-order valence-corrected chi connectivity index (χ0v) is 12.1. The van der Waals surface area contributed by atoms with Gasteiger partial charge in [0.15, 0.2) is 5.76 Å². The highest BCUT2D eigenvalue weighted by Crippen LogP contribution is 2.18. The average molecular weight is 299 g/mol. The molecule has 0 bridgehead atoms. The molecule has 1 aromatic carbocycles. The van der Waals surface area contributed by atoms with Gasteiger partial charge in [-0.2, -0.15) is 0 Å². The number of nitrogens with zero attached hydrogens (tertiary/aromatic N) is 2. The number of aromatic nitrogens is 2. The molecule has 6 nitrogen and oxygen atoms in total. The van der Waals surface area contributed by atoms with Crippen LogP contribution in [0.15, 0.2) is 53.5 Å². The largest absolute Gasteiger partial charge is 0.451 e. The molecule has 3 aromatic rings. The maximum absolute atomic E-state index is 12.0. The van der Waals surface area contributed by atoms with Crippen molar-refractivity contribution in [3.05, 3.63) is 54.8 Å². The van der Waals surface area contributed by atoms with Crippen LogP contribution >= 0.6 is 0 Å². The molecular formula is C16H17N3O3. The lowest BCUT2D eigenvalue weighted by molar-refractivity contribution is 0.0885. The summed E-state index contributed by atoms with van der Waals surface area (Å²) in [7, 11) is 0. The number of furan rings is 1. The van der Waals surface area contributed by atoms with E-state index in [9.17, 15) is 4.79 Å². The van der Waals surface area contributed by atoms with Gasteiger partial charge in [-0.05, 0) is 12.1 Å². The molecule has 2 aromatic heterocycles. The summed E-state index contributed by atoms with van der Waals surface area (Å²) in [4.78, 5) is 15.9. The third-order valence-electron chi connectivity index (χ3n) is 3.23. The summed E-state index contributed by atoms with van der Waals surface area (Å²) in [6, 6.07) is 9.28. The number of carbonyl (C=O) groups is 1. The Balaban J connectivity index is 1.38. The number of fused-ring (bicyclic) bond motifs is 1. The smallest absolute Gasteiger partial charge is 0.287 e. The molecule has 0 fully saturated rings. The number of hydrogen-bond acceptors (Lipinski definition) is 4. The predicted octanol–water partition coefficient (Wildman–Crippen LogP) is 2.08. The Morgan fingerprint density at radius 1 is 1.32 bits per heavy atom. The predicted molar refractivity (Wildman–Crippen MR) is 81.6 cm³/mol. The molecule has 22 heavy (non-hydrogen) atoms. The van der Waals surface area contributed by atoms with Gasteiger partial charge in [0.1, 0.15) is 5.58 Å². The van der Waals surface area contributed by atoms with Gasteiger partial charge in [-0.15, -0.1) is 0 Å². The Labute approximate surface area is 127 Å². The van der Waals surface area contributed by atoms with E-state index in [0.29, 0.717) is 31.1 Å². The Hall–Kier alpha value is -2.60. The van der Waals surface area contributed by atoms with Crippen molar-refractivity contribution in [2.45, 2.75) is 6.54 Å². The molecule has 3 rings (SSSR count). The number of hydrogen-bond donors (Lipinski definition) is 1. The standard InChI is InChI=1S/C16H17N3O3/c20-16(15-11-13-3-1-2-4-14(13)22-15)18-6-9-21-10-8-19-7-5-17-12-19/h1-5,7,11-12H,6,8-10H2,(H,18,20). The zero-order valence-electron chi connectivity index (χ0n) is 12.1. The maximum atomic E-state index is 12.0. The maximum Gasteiger partial charge on any atom is 0.287 e. The number of para-hydroxylation sites is 1. The Morgan fingerprint density at radius 2 is 2.23 bits per heavy atom. The minimum absolute atomic E-state index is 0.227. The third kappa shape index (κ3) is 3.53. The van der Waals surface area contributed by atoms with Crippen molar-refractivity contribution in [1.82, 2.24) is 14.9 Å². The van der Waals surface area contributed by atoms with E-state index in [1.165, 1.54) is 0 Å². The van der Waals surface area contributed by atoms with Crippen LogP contribution in [0.2, 0.25) is 0 Å². The van der Waals surface area contributed by atoms with Crippen LogP contribution in [0.3, 0.4) is 0 Å². The summed E-state index contributed by atoms with van der Waals surface area (Å²) in [6.45, 7) is 2.23. The molecule has 6 heteroatoms. The van der Waals surface area contributed by atoms with Gasteiger partial charge >= 0.3 is 0 Å². The van der Waals surface area contributed by atoms with Crippen molar-refractivity contribution in [2.24, 2.45) is 0 Å². The van der Waals surface area contributed by atoms with E-state index in [1.807, 2.05) is 35.0 Å². The molecule has 0 saturated carbocycles. The molecule has 114 valence electrons. The van der Waals surface area contributed by atoms with Crippen LogP contribution in [-0.2, 0) is 11.3 Å². The van der Waals surface area contributed by atoms with E-state index < -0.39 is 0 Å². The summed E-state index contributed by atoms with van der Waals surface area (Å²) in [5.74, 6) is 0.0917. The van der Waals surface area contributed by atoms with Crippen molar-refractivity contribution in [3.63, 3.8) is 0 Å². The van der Waals surface area contributed by atoms with Crippen molar-refractivity contribution in [2.75, 3.05) is 19.8 Å². The Bertz CT molecular complexity index is 701. The molecule has 1 N–H and O–H groups in total. The molecule has 2 heterocycles. The fourth-order valence-corrected chi connectivity index (χ4v) is 2.11. The van der Waals surface area contributed by atoms with Crippen molar-refractivity contribution in [3.8, 4) is 0 Å². The Morgan fingerprint density at radius 3 is 3.05 bits per heavy atom. The number of nitrogens with one attached hydrogen (secondary N) is 1. The average Bonchev–Trinajstić information content (AvgIpc) is 3.19. The first-order valence-electron chi connectivity index (χ1n) is 7.13. The van der Waals surface area contributed by atoms with E-state index in [-0.39, 0.29) is 5.91 Å². The van der Waals surface area contributed by atoms with Crippen LogP contribution in [-0.4, -0.2) is 35.2 Å². The summed E-state index contributed by atoms with van der Waals surface area (Å²) < 4.78 is 12.9. The van der Waals surface area contributed by atoms with E-state index in [1.54, 1.807) is 18.6 Å². The fraction of sp³-hybridized carbons (Fsp3) is 0.250. The lowest BCUT2D eigenvalue weighted by Crippen LogP contribution is -2.27. The topological polar surface area (TPSA) is 69.3 Å². The van der Waals surface area contributed by atoms with Gasteiger partial charge in [0.25, 0.3) is 5.91 Å². The molecule has 0 spiro atoms. The van der Waals surface area contributed by atoms with Crippen LogP contribution in [0.5, 0.6) is 0 Å². The first-order valence-corrected chi connectivity index (χ1v) is 7.13. The minimum Gasteiger partial charge on any atom is -0.451 e. The van der Waals surface area contributed by atoms with Crippen LogP contribution in [0.25, 0.3) is 11.0 Å². The first-order chi connectivity index (χ1) is 10.8.